The fourth-order valence-electron chi connectivity index (χ4n) is 6.94. The highest BCUT2D eigenvalue weighted by Gasteiger charge is 2.29. The highest BCUT2D eigenvalue weighted by molar-refractivity contribution is 7.13. The molecule has 0 aromatic carbocycles. The van der Waals surface area contributed by atoms with Crippen molar-refractivity contribution in [3.8, 4) is 0 Å². The number of Topliss-reactive ketones (excluding diaryl/α,β-unsaturated/α-hetero) is 1. The third-order valence-electron chi connectivity index (χ3n) is 9.77. The number of hydrogen-bond acceptors (Lipinski definition) is 8. The smallest absolute Gasteiger partial charge is 0.248 e. The number of pyridine rings is 1. The van der Waals surface area contributed by atoms with E-state index in [9.17, 15) is 19.2 Å². The fourth-order valence-corrected chi connectivity index (χ4v) is 7.46. The zero-order valence-corrected chi connectivity index (χ0v) is 30.3. The highest BCUT2D eigenvalue weighted by atomic mass is 32.1. The minimum Gasteiger partial charge on any atom is -0.375 e. The molecular weight excluding hydrogens is 637 g/mol. The number of carbonyl (C=O) groups excluding carboxylic acids is 4. The lowest BCUT2D eigenvalue weighted by Crippen LogP contribution is -2.45. The summed E-state index contributed by atoms with van der Waals surface area (Å²) in [5, 5.41) is 8.10. The van der Waals surface area contributed by atoms with E-state index < -0.39 is 11.9 Å². The summed E-state index contributed by atoms with van der Waals surface area (Å²) >= 11 is 1.26. The van der Waals surface area contributed by atoms with Crippen LogP contribution in [0.5, 0.6) is 0 Å². The van der Waals surface area contributed by atoms with E-state index in [0.29, 0.717) is 60.9 Å². The molecule has 2 aliphatic carbocycles. The van der Waals surface area contributed by atoms with E-state index in [2.05, 4.69) is 34.4 Å². The third kappa shape index (κ3) is 13.7. The molecule has 0 aliphatic heterocycles. The number of thiazole rings is 1. The minimum atomic E-state index is -0.614. The number of carbonyl (C=O) groups is 4. The van der Waals surface area contributed by atoms with Gasteiger partial charge in [-0.3, -0.25) is 24.2 Å². The zero-order valence-electron chi connectivity index (χ0n) is 29.5. The second-order valence-electron chi connectivity index (χ2n) is 14.3. The molecule has 2 fully saturated rings. The fraction of sp³-hybridized carbons (Fsp3) is 0.632. The van der Waals surface area contributed by atoms with E-state index in [1.165, 1.54) is 24.2 Å². The van der Waals surface area contributed by atoms with Gasteiger partial charge >= 0.3 is 0 Å². The minimum absolute atomic E-state index is 0.0394. The van der Waals surface area contributed by atoms with Gasteiger partial charge in [-0.05, 0) is 61.6 Å². The average Bonchev–Trinajstić information content (AvgIpc) is 3.51. The number of amides is 3. The second-order valence-corrected chi connectivity index (χ2v) is 15.2. The van der Waals surface area contributed by atoms with Crippen LogP contribution >= 0.6 is 11.3 Å². The molecule has 11 heteroatoms. The largest absolute Gasteiger partial charge is 0.375 e. The monoisotopic (exact) mass is 692 g/mol. The van der Waals surface area contributed by atoms with Crippen molar-refractivity contribution in [1.29, 1.82) is 0 Å². The summed E-state index contributed by atoms with van der Waals surface area (Å²) in [6.45, 7) is 4.96. The molecule has 4 N–H and O–H groups in total. The summed E-state index contributed by atoms with van der Waals surface area (Å²) in [6, 6.07) is 5.06. The molecule has 2 aromatic rings. The van der Waals surface area contributed by atoms with E-state index in [0.717, 1.165) is 63.5 Å². The van der Waals surface area contributed by atoms with Crippen LogP contribution in [-0.4, -0.2) is 64.0 Å². The molecule has 1 atom stereocenters. The van der Waals surface area contributed by atoms with Gasteiger partial charge in [0.2, 0.25) is 17.7 Å². The van der Waals surface area contributed by atoms with Crippen molar-refractivity contribution >= 4 is 46.0 Å². The topological polar surface area (TPSA) is 147 Å². The lowest BCUT2D eigenvalue weighted by atomic mass is 9.83. The first-order valence-electron chi connectivity index (χ1n) is 18.4. The predicted octanol–water partition coefficient (Wildman–Crippen LogP) is 6.12. The lowest BCUT2D eigenvalue weighted by molar-refractivity contribution is -0.136. The number of anilines is 1. The molecule has 0 radical (unpaired) electrons. The van der Waals surface area contributed by atoms with E-state index in [1.807, 2.05) is 18.2 Å². The Bertz CT molecular complexity index is 1380. The molecule has 0 unspecified atom stereocenters. The van der Waals surface area contributed by atoms with E-state index in [4.69, 9.17) is 5.73 Å². The van der Waals surface area contributed by atoms with Gasteiger partial charge in [-0.25, -0.2) is 4.98 Å². The molecule has 268 valence electrons. The van der Waals surface area contributed by atoms with Crippen LogP contribution in [0.2, 0.25) is 0 Å². The van der Waals surface area contributed by atoms with Crippen molar-refractivity contribution in [2.24, 2.45) is 17.8 Å². The molecule has 2 heterocycles. The Morgan fingerprint density at radius 2 is 1.73 bits per heavy atom. The standard InChI is InChI=1S/C38H56N6O4S/c1-27(2)16-17-34(45)33(21-28-11-5-3-6-12-28)43-37(48)30(22-32-26-49-38(39)42-32)23-36(47)44(24-29-13-7-4-8-14-29)25-35(46)41-20-18-31-15-9-10-19-40-31/h9-10,15,19,22,26-29,33H,3-8,11-14,16-18,20-21,23-25H2,1-2H3,(H2,39,42)(H,41,46)(H,43,48)/b30-22-/t33-/m0/s1. The molecule has 3 amide bonds. The highest BCUT2D eigenvalue weighted by Crippen LogP contribution is 2.29. The first-order valence-corrected chi connectivity index (χ1v) is 19.2. The molecule has 0 spiro atoms. The van der Waals surface area contributed by atoms with Crippen molar-refractivity contribution in [2.45, 2.75) is 116 Å². The molecule has 4 rings (SSSR count). The number of hydrogen-bond donors (Lipinski definition) is 3. The molecule has 2 aliphatic rings. The van der Waals surface area contributed by atoms with Crippen molar-refractivity contribution in [3.63, 3.8) is 0 Å². The van der Waals surface area contributed by atoms with Gasteiger partial charge in [-0.2, -0.15) is 0 Å². The lowest BCUT2D eigenvalue weighted by Gasteiger charge is -2.30. The van der Waals surface area contributed by atoms with Gasteiger partial charge in [-0.1, -0.05) is 71.3 Å². The number of nitrogens with zero attached hydrogens (tertiary/aromatic N) is 3. The Morgan fingerprint density at radius 3 is 2.37 bits per heavy atom. The van der Waals surface area contributed by atoms with Crippen LogP contribution in [0.15, 0.2) is 35.3 Å². The van der Waals surface area contributed by atoms with E-state index in [-0.39, 0.29) is 36.1 Å². The van der Waals surface area contributed by atoms with Gasteiger partial charge in [0.15, 0.2) is 10.9 Å². The van der Waals surface area contributed by atoms with Gasteiger partial charge in [0.25, 0.3) is 0 Å². The first-order chi connectivity index (χ1) is 23.7. The number of nitrogens with two attached hydrogens (primary N) is 1. The maximum absolute atomic E-state index is 14.1. The molecule has 49 heavy (non-hydrogen) atoms. The first kappa shape index (κ1) is 38.2. The summed E-state index contributed by atoms with van der Waals surface area (Å²) in [7, 11) is 0. The Hall–Kier alpha value is -3.60. The molecule has 0 bridgehead atoms. The van der Waals surface area contributed by atoms with Crippen LogP contribution in [0.1, 0.15) is 115 Å². The molecular formula is C38H56N6O4S. The third-order valence-corrected chi connectivity index (χ3v) is 10.5. The zero-order chi connectivity index (χ0) is 35.0. The summed E-state index contributed by atoms with van der Waals surface area (Å²) in [5.74, 6) is 0.110. The Balaban J connectivity index is 1.50. The van der Waals surface area contributed by atoms with Crippen LogP contribution in [0.4, 0.5) is 5.13 Å². The Kier molecular flexibility index (Phi) is 15.7. The maximum atomic E-state index is 14.1. The van der Waals surface area contributed by atoms with Crippen LogP contribution in [0.25, 0.3) is 6.08 Å². The van der Waals surface area contributed by atoms with Crippen LogP contribution in [0, 0.1) is 17.8 Å². The molecule has 10 nitrogen and oxygen atoms in total. The second kappa shape index (κ2) is 20.2. The number of nitrogen functional groups attached to an aromatic ring is 1. The predicted molar refractivity (Wildman–Crippen MR) is 195 cm³/mol. The molecule has 0 saturated heterocycles. The Morgan fingerprint density at radius 1 is 1.02 bits per heavy atom. The van der Waals surface area contributed by atoms with E-state index in [1.54, 1.807) is 22.6 Å². The normalized spacial score (nSPS) is 16.7. The van der Waals surface area contributed by atoms with Gasteiger partial charge in [-0.15, -0.1) is 11.3 Å². The van der Waals surface area contributed by atoms with Crippen molar-refractivity contribution < 1.29 is 19.2 Å². The number of nitrogens with one attached hydrogen (secondary N) is 2. The van der Waals surface area contributed by atoms with Crippen LogP contribution in [-0.2, 0) is 25.6 Å². The summed E-state index contributed by atoms with van der Waals surface area (Å²) in [6.07, 6.45) is 16.5. The van der Waals surface area contributed by atoms with Crippen molar-refractivity contribution in [2.75, 3.05) is 25.4 Å². The molecule has 2 saturated carbocycles. The van der Waals surface area contributed by atoms with Crippen molar-refractivity contribution in [3.05, 3.63) is 46.7 Å². The average molecular weight is 693 g/mol. The molecule has 2 aromatic heterocycles. The Labute approximate surface area is 296 Å². The number of aromatic nitrogens is 2. The number of rotatable bonds is 18. The van der Waals surface area contributed by atoms with Crippen LogP contribution < -0.4 is 16.4 Å². The van der Waals surface area contributed by atoms with Crippen LogP contribution in [0.3, 0.4) is 0 Å². The van der Waals surface area contributed by atoms with Gasteiger partial charge in [0, 0.05) is 48.8 Å². The van der Waals surface area contributed by atoms with Gasteiger partial charge < -0.3 is 21.3 Å². The number of ketones is 1. The van der Waals surface area contributed by atoms with Crippen molar-refractivity contribution in [1.82, 2.24) is 25.5 Å². The summed E-state index contributed by atoms with van der Waals surface area (Å²) in [5.41, 5.74) is 7.49. The maximum Gasteiger partial charge on any atom is 0.248 e. The SMILES string of the molecule is CC(C)CCC(=O)[C@H](CC1CCCCC1)NC(=O)/C(=C\c1csc(N)n1)CC(=O)N(CC(=O)NCCc1ccccn1)CC1CCCCC1. The quantitative estimate of drug-likeness (QED) is 0.160. The summed E-state index contributed by atoms with van der Waals surface area (Å²) < 4.78 is 0. The van der Waals surface area contributed by atoms with Gasteiger partial charge in [0.1, 0.15) is 0 Å². The van der Waals surface area contributed by atoms with Gasteiger partial charge in [0.05, 0.1) is 24.7 Å². The summed E-state index contributed by atoms with van der Waals surface area (Å²) in [4.78, 5) is 65.0. The van der Waals surface area contributed by atoms with E-state index >= 15 is 0 Å².